The summed E-state index contributed by atoms with van der Waals surface area (Å²) in [4.78, 5) is 0. The molecule has 0 atom stereocenters. The molecule has 0 amide bonds. The molecule has 70 valence electrons. The van der Waals surface area contributed by atoms with Crippen molar-refractivity contribution < 1.29 is 4.74 Å². The summed E-state index contributed by atoms with van der Waals surface area (Å²) >= 11 is 0. The Morgan fingerprint density at radius 2 is 2.08 bits per heavy atom. The lowest BCUT2D eigenvalue weighted by Gasteiger charge is -1.92. The molecule has 12 heavy (non-hydrogen) atoms. The van der Waals surface area contributed by atoms with E-state index in [1.54, 1.807) is 7.11 Å². The summed E-state index contributed by atoms with van der Waals surface area (Å²) < 4.78 is 6.85. The van der Waals surface area contributed by atoms with Crippen LogP contribution in [-0.2, 0) is 6.54 Å². The molecule has 0 saturated carbocycles. The molecule has 0 aromatic carbocycles. The Labute approximate surface area is 74.3 Å². The third kappa shape index (κ3) is 2.57. The molecule has 0 fully saturated rings. The molecule has 1 aromatic rings. The van der Waals surface area contributed by atoms with Gasteiger partial charge in [-0.2, -0.15) is 0 Å². The lowest BCUT2D eigenvalue weighted by Crippen LogP contribution is -1.94. The summed E-state index contributed by atoms with van der Waals surface area (Å²) in [5.41, 5.74) is 1.09. The third-order valence-electron chi connectivity index (χ3n) is 1.42. The molecule has 0 unspecified atom stereocenters. The van der Waals surface area contributed by atoms with E-state index in [0.29, 0.717) is 0 Å². The summed E-state index contributed by atoms with van der Waals surface area (Å²) in [7, 11) is 1.63. The Kier molecular flexibility index (Phi) is 5.17. The van der Waals surface area contributed by atoms with E-state index < -0.39 is 0 Å². The van der Waals surface area contributed by atoms with Gasteiger partial charge in [0.05, 0.1) is 7.11 Å². The minimum absolute atomic E-state index is 0.724. The molecule has 1 rings (SSSR count). The van der Waals surface area contributed by atoms with Crippen molar-refractivity contribution in [2.75, 3.05) is 7.11 Å². The number of hydrogen-bond donors (Lipinski definition) is 0. The van der Waals surface area contributed by atoms with Crippen LogP contribution >= 0.6 is 0 Å². The van der Waals surface area contributed by atoms with Crippen LogP contribution in [0.3, 0.4) is 0 Å². The van der Waals surface area contributed by atoms with Crippen LogP contribution in [0.4, 0.5) is 0 Å². The summed E-state index contributed by atoms with van der Waals surface area (Å²) in [6.07, 6.45) is 1.97. The third-order valence-corrected chi connectivity index (χ3v) is 1.42. The van der Waals surface area contributed by atoms with E-state index in [-0.39, 0.29) is 0 Å². The molecule has 0 aliphatic carbocycles. The Balaban J connectivity index is 0.000000561. The molecule has 0 spiro atoms. The van der Waals surface area contributed by atoms with Gasteiger partial charge in [-0.3, -0.25) is 4.68 Å². The van der Waals surface area contributed by atoms with Crippen molar-refractivity contribution in [3.05, 3.63) is 11.8 Å². The molecule has 0 saturated heterocycles. The van der Waals surface area contributed by atoms with Crippen molar-refractivity contribution in [3.63, 3.8) is 0 Å². The molecule has 0 aliphatic rings. The van der Waals surface area contributed by atoms with Crippen LogP contribution in [0.2, 0.25) is 0 Å². The van der Waals surface area contributed by atoms with Crippen LogP contribution < -0.4 is 4.74 Å². The van der Waals surface area contributed by atoms with Crippen LogP contribution in [0.15, 0.2) is 6.20 Å². The number of nitrogens with zero attached hydrogens (tertiary/aromatic N) is 2. The van der Waals surface area contributed by atoms with Crippen molar-refractivity contribution in [1.29, 1.82) is 0 Å². The number of ether oxygens (including phenoxy) is 1. The first-order chi connectivity index (χ1) is 5.77. The predicted molar refractivity (Wildman–Crippen MR) is 50.5 cm³/mol. The fraction of sp³-hybridized carbons (Fsp3) is 0.667. The summed E-state index contributed by atoms with van der Waals surface area (Å²) in [6.45, 7) is 8.92. The van der Waals surface area contributed by atoms with Gasteiger partial charge >= 0.3 is 0 Å². The zero-order valence-corrected chi connectivity index (χ0v) is 8.59. The maximum absolute atomic E-state index is 5.00. The number of aromatic nitrogens is 2. The zero-order chi connectivity index (χ0) is 9.56. The van der Waals surface area contributed by atoms with Gasteiger partial charge in [0, 0.05) is 18.3 Å². The largest absolute Gasteiger partial charge is 0.480 e. The Morgan fingerprint density at radius 3 is 2.33 bits per heavy atom. The van der Waals surface area contributed by atoms with Gasteiger partial charge in [0.25, 0.3) is 0 Å². The van der Waals surface area contributed by atoms with Crippen LogP contribution in [-0.4, -0.2) is 16.9 Å². The van der Waals surface area contributed by atoms with Gasteiger partial charge in [-0.25, -0.2) is 0 Å². The highest BCUT2D eigenvalue weighted by atomic mass is 16.5. The van der Waals surface area contributed by atoms with Gasteiger partial charge in [0.2, 0.25) is 5.88 Å². The lowest BCUT2D eigenvalue weighted by molar-refractivity contribution is 0.387. The van der Waals surface area contributed by atoms with E-state index in [9.17, 15) is 0 Å². The molecule has 1 heterocycles. The SMILES string of the molecule is CC.CCn1cc(C)c(OC)n1. The zero-order valence-electron chi connectivity index (χ0n) is 8.59. The topological polar surface area (TPSA) is 27.1 Å². The standard InChI is InChI=1S/C7H12N2O.C2H6/c1-4-9-5-6(2)7(8-9)10-3;1-2/h5H,4H2,1-3H3;1-2H3. The number of hydrogen-bond acceptors (Lipinski definition) is 2. The molecule has 3 heteroatoms. The van der Waals surface area contributed by atoms with Crippen LogP contribution in [0.25, 0.3) is 0 Å². The molecule has 0 bridgehead atoms. The molecular weight excluding hydrogens is 152 g/mol. The lowest BCUT2D eigenvalue weighted by atomic mass is 10.4. The van der Waals surface area contributed by atoms with Crippen molar-refractivity contribution in [2.24, 2.45) is 0 Å². The maximum atomic E-state index is 5.00. The highest BCUT2D eigenvalue weighted by Crippen LogP contribution is 2.12. The van der Waals surface area contributed by atoms with Crippen molar-refractivity contribution in [3.8, 4) is 5.88 Å². The second kappa shape index (κ2) is 5.63. The van der Waals surface area contributed by atoms with Gasteiger partial charge in [-0.15, -0.1) is 5.10 Å². The van der Waals surface area contributed by atoms with Crippen LogP contribution in [0.1, 0.15) is 26.3 Å². The Hall–Kier alpha value is -0.990. The fourth-order valence-electron chi connectivity index (χ4n) is 0.867. The summed E-state index contributed by atoms with van der Waals surface area (Å²) in [6, 6.07) is 0. The first-order valence-electron chi connectivity index (χ1n) is 4.36. The van der Waals surface area contributed by atoms with Crippen LogP contribution in [0, 0.1) is 6.92 Å². The number of aryl methyl sites for hydroxylation is 2. The van der Waals surface area contributed by atoms with Crippen molar-refractivity contribution in [1.82, 2.24) is 9.78 Å². The average Bonchev–Trinajstić information content (AvgIpc) is 2.49. The summed E-state index contributed by atoms with van der Waals surface area (Å²) in [5.74, 6) is 0.724. The van der Waals surface area contributed by atoms with E-state index in [1.165, 1.54) is 0 Å². The first kappa shape index (κ1) is 11.0. The second-order valence-corrected chi connectivity index (χ2v) is 2.18. The highest BCUT2D eigenvalue weighted by Gasteiger charge is 2.01. The molecule has 0 radical (unpaired) electrons. The fourth-order valence-corrected chi connectivity index (χ4v) is 0.867. The normalized spacial score (nSPS) is 8.75. The minimum atomic E-state index is 0.724. The maximum Gasteiger partial charge on any atom is 0.235 e. The Morgan fingerprint density at radius 1 is 1.50 bits per heavy atom. The quantitative estimate of drug-likeness (QED) is 0.680. The van der Waals surface area contributed by atoms with E-state index in [1.807, 2.05) is 38.6 Å². The van der Waals surface area contributed by atoms with E-state index >= 15 is 0 Å². The molecule has 0 N–H and O–H groups in total. The number of rotatable bonds is 2. The predicted octanol–water partition coefficient (Wildman–Crippen LogP) is 2.25. The van der Waals surface area contributed by atoms with Crippen LogP contribution in [0.5, 0.6) is 5.88 Å². The minimum Gasteiger partial charge on any atom is -0.480 e. The summed E-state index contributed by atoms with van der Waals surface area (Å²) in [5, 5.41) is 4.14. The number of methoxy groups -OCH3 is 1. The average molecular weight is 170 g/mol. The van der Waals surface area contributed by atoms with Gasteiger partial charge in [-0.05, 0) is 13.8 Å². The van der Waals surface area contributed by atoms with Gasteiger partial charge < -0.3 is 4.74 Å². The molecule has 0 aliphatic heterocycles. The molecule has 1 aromatic heterocycles. The van der Waals surface area contributed by atoms with Gasteiger partial charge in [0.1, 0.15) is 0 Å². The first-order valence-corrected chi connectivity index (χ1v) is 4.36. The van der Waals surface area contributed by atoms with Gasteiger partial charge in [0.15, 0.2) is 0 Å². The highest BCUT2D eigenvalue weighted by molar-refractivity contribution is 5.20. The van der Waals surface area contributed by atoms with E-state index in [4.69, 9.17) is 4.74 Å². The monoisotopic (exact) mass is 170 g/mol. The Bertz CT molecular complexity index is 218. The molecular formula is C9H18N2O. The van der Waals surface area contributed by atoms with Crippen molar-refractivity contribution >= 4 is 0 Å². The van der Waals surface area contributed by atoms with Gasteiger partial charge in [-0.1, -0.05) is 13.8 Å². The smallest absolute Gasteiger partial charge is 0.235 e. The molecule has 3 nitrogen and oxygen atoms in total. The second-order valence-electron chi connectivity index (χ2n) is 2.18. The van der Waals surface area contributed by atoms with E-state index in [2.05, 4.69) is 5.10 Å². The van der Waals surface area contributed by atoms with Crippen molar-refractivity contribution in [2.45, 2.75) is 34.2 Å². The van der Waals surface area contributed by atoms with E-state index in [0.717, 1.165) is 18.0 Å².